The van der Waals surface area contributed by atoms with Gasteiger partial charge in [0.25, 0.3) is 0 Å². The Kier molecular flexibility index (Phi) is 6.70. The Labute approximate surface area is 169 Å². The summed E-state index contributed by atoms with van der Waals surface area (Å²) >= 11 is 0. The lowest BCUT2D eigenvalue weighted by Gasteiger charge is -2.26. The van der Waals surface area contributed by atoms with E-state index in [0.29, 0.717) is 43.1 Å². The van der Waals surface area contributed by atoms with E-state index in [1.165, 1.54) is 22.5 Å². The van der Waals surface area contributed by atoms with Crippen molar-refractivity contribution in [3.05, 3.63) is 66.0 Å². The van der Waals surface area contributed by atoms with E-state index in [-0.39, 0.29) is 5.78 Å². The molecule has 2 aromatic rings. The van der Waals surface area contributed by atoms with E-state index in [9.17, 15) is 18.0 Å². The summed E-state index contributed by atoms with van der Waals surface area (Å²) in [5.41, 5.74) is 1.46. The molecule has 0 unspecified atom stereocenters. The molecule has 0 atom stereocenters. The quantitative estimate of drug-likeness (QED) is 0.482. The average molecular weight is 415 g/mol. The minimum Gasteiger partial charge on any atom is -0.314 e. The average Bonchev–Trinajstić information content (AvgIpc) is 2.73. The molecule has 1 aromatic heterocycles. The molecule has 2 heterocycles. The smallest absolute Gasteiger partial charge is 0.314 e. The van der Waals surface area contributed by atoms with Crippen molar-refractivity contribution in [1.29, 1.82) is 0 Å². The fraction of sp³-hybridized carbons (Fsp3) is 0.211. The number of urea groups is 1. The number of piperazine rings is 1. The molecule has 0 saturated carbocycles. The number of benzene rings is 1. The van der Waals surface area contributed by atoms with Crippen molar-refractivity contribution < 1.29 is 18.0 Å². The van der Waals surface area contributed by atoms with Crippen LogP contribution in [0.1, 0.15) is 16.1 Å². The molecule has 29 heavy (non-hydrogen) atoms. The molecule has 1 saturated heterocycles. The van der Waals surface area contributed by atoms with Gasteiger partial charge >= 0.3 is 16.2 Å². The number of pyridine rings is 1. The Morgan fingerprint density at radius 1 is 1.07 bits per heavy atom. The highest BCUT2D eigenvalue weighted by molar-refractivity contribution is 7.87. The van der Waals surface area contributed by atoms with Crippen LogP contribution in [0.2, 0.25) is 0 Å². The van der Waals surface area contributed by atoms with Crippen LogP contribution >= 0.6 is 0 Å². The lowest BCUT2D eigenvalue weighted by molar-refractivity contribution is 0.104. The molecule has 3 rings (SSSR count). The van der Waals surface area contributed by atoms with Crippen LogP contribution in [-0.4, -0.2) is 55.7 Å². The maximum Gasteiger partial charge on any atom is 0.333 e. The first-order valence-electron chi connectivity index (χ1n) is 8.97. The number of carbonyl (C=O) groups excluding carboxylic acids is 2. The largest absolute Gasteiger partial charge is 0.333 e. The van der Waals surface area contributed by atoms with Crippen LogP contribution in [-0.2, 0) is 10.2 Å². The first-order valence-corrected chi connectivity index (χ1v) is 10.4. The van der Waals surface area contributed by atoms with Gasteiger partial charge in [0, 0.05) is 43.6 Å². The van der Waals surface area contributed by atoms with Gasteiger partial charge in [0.1, 0.15) is 0 Å². The van der Waals surface area contributed by atoms with Crippen molar-refractivity contribution in [2.24, 2.45) is 0 Å². The minimum atomic E-state index is -3.90. The van der Waals surface area contributed by atoms with Crippen molar-refractivity contribution in [3.63, 3.8) is 0 Å². The fourth-order valence-corrected chi connectivity index (χ4v) is 3.75. The van der Waals surface area contributed by atoms with E-state index in [1.54, 1.807) is 36.5 Å². The Hall–Kier alpha value is -3.08. The lowest BCUT2D eigenvalue weighted by Crippen LogP contribution is -2.52. The Morgan fingerprint density at radius 2 is 1.79 bits per heavy atom. The molecule has 1 aromatic carbocycles. The van der Waals surface area contributed by atoms with Crippen LogP contribution in [0.4, 0.5) is 10.5 Å². The third-order valence-corrected chi connectivity index (χ3v) is 5.65. The van der Waals surface area contributed by atoms with E-state index >= 15 is 0 Å². The maximum absolute atomic E-state index is 12.2. The molecule has 1 aliphatic rings. The standard InChI is InChI=1S/C19H21N5O4S/c25-18(9-8-16-3-1-2-10-21-16)15-4-6-17(7-5-15)22-19(26)23-29(27,28)24-13-11-20-12-14-24/h1-10,20H,11-14H2,(H2,22,23,26). The van der Waals surface area contributed by atoms with Gasteiger partial charge < -0.3 is 10.6 Å². The Balaban J connectivity index is 1.56. The van der Waals surface area contributed by atoms with E-state index in [2.05, 4.69) is 15.6 Å². The van der Waals surface area contributed by atoms with Gasteiger partial charge in [-0.1, -0.05) is 6.07 Å². The third kappa shape index (κ3) is 5.95. The number of rotatable bonds is 6. The highest BCUT2D eigenvalue weighted by atomic mass is 32.2. The number of amides is 2. The van der Waals surface area contributed by atoms with Crippen molar-refractivity contribution >= 4 is 33.8 Å². The zero-order valence-electron chi connectivity index (χ0n) is 15.5. The predicted octanol–water partition coefficient (Wildman–Crippen LogP) is 1.25. The number of ketones is 1. The molecule has 1 fully saturated rings. The van der Waals surface area contributed by atoms with Crippen LogP contribution in [0, 0.1) is 0 Å². The third-order valence-electron chi connectivity index (χ3n) is 4.16. The van der Waals surface area contributed by atoms with Crippen LogP contribution in [0.25, 0.3) is 6.08 Å². The molecule has 2 amide bonds. The summed E-state index contributed by atoms with van der Waals surface area (Å²) in [5, 5.41) is 5.49. The van der Waals surface area contributed by atoms with E-state index < -0.39 is 16.2 Å². The van der Waals surface area contributed by atoms with Gasteiger partial charge in [0.2, 0.25) is 0 Å². The number of aromatic nitrogens is 1. The highest BCUT2D eigenvalue weighted by Crippen LogP contribution is 2.11. The zero-order valence-corrected chi connectivity index (χ0v) is 16.4. The molecule has 1 aliphatic heterocycles. The maximum atomic E-state index is 12.2. The molecule has 9 nitrogen and oxygen atoms in total. The topological polar surface area (TPSA) is 120 Å². The van der Waals surface area contributed by atoms with Crippen molar-refractivity contribution in [2.45, 2.75) is 0 Å². The normalized spacial score (nSPS) is 15.2. The zero-order chi connectivity index (χ0) is 20.7. The van der Waals surface area contributed by atoms with E-state index in [0.717, 1.165) is 0 Å². The number of nitrogens with one attached hydrogen (secondary N) is 3. The van der Waals surface area contributed by atoms with E-state index in [1.807, 2.05) is 10.8 Å². The van der Waals surface area contributed by atoms with Crippen LogP contribution in [0.3, 0.4) is 0 Å². The molecule has 0 aliphatic carbocycles. The van der Waals surface area contributed by atoms with Gasteiger partial charge in [-0.3, -0.25) is 9.78 Å². The second-order valence-electron chi connectivity index (χ2n) is 6.24. The summed E-state index contributed by atoms with van der Waals surface area (Å²) in [6, 6.07) is 10.7. The monoisotopic (exact) mass is 415 g/mol. The SMILES string of the molecule is O=C(Nc1ccc(C(=O)C=Cc2ccccn2)cc1)NS(=O)(=O)N1CCNCC1. The predicted molar refractivity (Wildman–Crippen MR) is 110 cm³/mol. The number of anilines is 1. The number of hydrogen-bond donors (Lipinski definition) is 3. The Morgan fingerprint density at radius 3 is 2.45 bits per heavy atom. The molecule has 10 heteroatoms. The summed E-state index contributed by atoms with van der Waals surface area (Å²) in [5.74, 6) is -0.215. The summed E-state index contributed by atoms with van der Waals surface area (Å²) in [4.78, 5) is 28.3. The minimum absolute atomic E-state index is 0.215. The number of hydrogen-bond acceptors (Lipinski definition) is 6. The first kappa shape index (κ1) is 20.6. The van der Waals surface area contributed by atoms with Crippen molar-refractivity contribution in [1.82, 2.24) is 19.3 Å². The highest BCUT2D eigenvalue weighted by Gasteiger charge is 2.25. The summed E-state index contributed by atoms with van der Waals surface area (Å²) in [7, 11) is -3.90. The molecular formula is C19H21N5O4S. The molecular weight excluding hydrogens is 394 g/mol. The van der Waals surface area contributed by atoms with Crippen LogP contribution in [0.15, 0.2) is 54.7 Å². The summed E-state index contributed by atoms with van der Waals surface area (Å²) < 4.78 is 27.6. The number of carbonyl (C=O) groups is 2. The molecule has 0 spiro atoms. The van der Waals surface area contributed by atoms with Gasteiger partial charge in [0.15, 0.2) is 5.78 Å². The molecule has 0 radical (unpaired) electrons. The Bertz CT molecular complexity index is 985. The van der Waals surface area contributed by atoms with Crippen molar-refractivity contribution in [2.75, 3.05) is 31.5 Å². The van der Waals surface area contributed by atoms with Gasteiger partial charge in [0.05, 0.1) is 5.69 Å². The van der Waals surface area contributed by atoms with Gasteiger partial charge in [-0.25, -0.2) is 9.52 Å². The van der Waals surface area contributed by atoms with Crippen molar-refractivity contribution in [3.8, 4) is 0 Å². The fourth-order valence-electron chi connectivity index (χ4n) is 2.67. The lowest BCUT2D eigenvalue weighted by atomic mass is 10.1. The van der Waals surface area contributed by atoms with Gasteiger partial charge in [-0.05, 0) is 48.6 Å². The molecule has 152 valence electrons. The van der Waals surface area contributed by atoms with Gasteiger partial charge in [-0.2, -0.15) is 12.7 Å². The van der Waals surface area contributed by atoms with Crippen LogP contribution < -0.4 is 15.4 Å². The summed E-state index contributed by atoms with van der Waals surface area (Å²) in [6.45, 7) is 1.66. The first-order chi connectivity index (χ1) is 13.9. The second-order valence-corrected chi connectivity index (χ2v) is 7.91. The van der Waals surface area contributed by atoms with Gasteiger partial charge in [-0.15, -0.1) is 0 Å². The number of allylic oxidation sites excluding steroid dienone is 1. The number of nitrogens with zero attached hydrogens (tertiary/aromatic N) is 2. The molecule has 0 bridgehead atoms. The second kappa shape index (κ2) is 9.41. The summed E-state index contributed by atoms with van der Waals surface area (Å²) in [6.07, 6.45) is 4.67. The molecule has 3 N–H and O–H groups in total. The van der Waals surface area contributed by atoms with Crippen LogP contribution in [0.5, 0.6) is 0 Å². The van der Waals surface area contributed by atoms with E-state index in [4.69, 9.17) is 0 Å².